The number of unbranched alkanes of at least 4 members (excludes halogenated alkanes) is 8. The van der Waals surface area contributed by atoms with Gasteiger partial charge in [0.15, 0.2) is 5.69 Å². The molecule has 1 rings (SSSR count). The van der Waals surface area contributed by atoms with Gasteiger partial charge in [0, 0.05) is 18.2 Å². The van der Waals surface area contributed by atoms with Crippen molar-refractivity contribution in [3.8, 4) is 0 Å². The van der Waals surface area contributed by atoms with E-state index in [1.165, 1.54) is 32.6 Å². The first kappa shape index (κ1) is 23.2. The first-order valence-corrected chi connectivity index (χ1v) is 9.81. The van der Waals surface area contributed by atoms with Crippen molar-refractivity contribution in [2.24, 2.45) is 0 Å². The zero-order valence-corrected chi connectivity index (χ0v) is 16.2. The highest BCUT2D eigenvalue weighted by molar-refractivity contribution is 6.03. The number of carbonyl (C=O) groups is 2. The smallest absolute Gasteiger partial charge is 0.357 e. The number of ether oxygens (including phenoxy) is 1. The van der Waals surface area contributed by atoms with E-state index in [1.54, 1.807) is 0 Å². The Bertz CT molecular complexity index is 599. The van der Waals surface area contributed by atoms with E-state index in [1.807, 2.05) is 0 Å². The first-order valence-electron chi connectivity index (χ1n) is 9.81. The van der Waals surface area contributed by atoms with Crippen LogP contribution in [0.5, 0.6) is 0 Å². The van der Waals surface area contributed by atoms with Crippen molar-refractivity contribution in [1.29, 1.82) is 0 Å². The number of aromatic nitrogens is 1. The highest BCUT2D eigenvalue weighted by Crippen LogP contribution is 2.28. The minimum atomic E-state index is -3.57. The van der Waals surface area contributed by atoms with Crippen LogP contribution in [0.4, 0.5) is 13.3 Å². The lowest BCUT2D eigenvalue weighted by Crippen LogP contribution is -2.28. The molecule has 7 heteroatoms. The molecule has 0 bridgehead atoms. The number of hydrogen-bond acceptors (Lipinski definition) is 3. The number of carbonyl (C=O) groups excluding carboxylic acids is 2. The molecule has 154 valence electrons. The minimum Gasteiger partial charge on any atom is -0.461 e. The molecule has 4 nitrogen and oxygen atoms in total. The Morgan fingerprint density at radius 3 is 2.11 bits per heavy atom. The van der Waals surface area contributed by atoms with Gasteiger partial charge in [-0.2, -0.15) is 13.6 Å². The van der Waals surface area contributed by atoms with E-state index in [9.17, 15) is 22.9 Å². The van der Waals surface area contributed by atoms with E-state index in [0.29, 0.717) is 12.6 Å². The summed E-state index contributed by atoms with van der Waals surface area (Å²) in [6.07, 6.45) is 8.67. The van der Waals surface area contributed by atoms with Crippen molar-refractivity contribution in [2.45, 2.75) is 84.0 Å². The van der Waals surface area contributed by atoms with Crippen LogP contribution in [0, 0.1) is 0 Å². The Kier molecular flexibility index (Phi) is 10.2. The van der Waals surface area contributed by atoms with Crippen molar-refractivity contribution in [2.75, 3.05) is 6.61 Å². The number of nitrogens with zero attached hydrogens (tertiary/aromatic N) is 1. The molecule has 1 heterocycles. The number of halogens is 3. The summed E-state index contributed by atoms with van der Waals surface area (Å²) in [6.45, 7) is 3.71. The molecule has 0 aliphatic carbocycles. The van der Waals surface area contributed by atoms with Crippen molar-refractivity contribution >= 4 is 11.8 Å². The van der Waals surface area contributed by atoms with Crippen molar-refractivity contribution in [3.05, 3.63) is 23.5 Å². The third-order valence-electron chi connectivity index (χ3n) is 4.45. The Morgan fingerprint density at radius 2 is 1.56 bits per heavy atom. The first-order chi connectivity index (χ1) is 12.8. The minimum absolute atomic E-state index is 0.0159. The maximum absolute atomic E-state index is 14.1. The average molecular weight is 389 g/mol. The fourth-order valence-electron chi connectivity index (χ4n) is 2.90. The maximum Gasteiger partial charge on any atom is 0.357 e. The predicted molar refractivity (Wildman–Crippen MR) is 98.0 cm³/mol. The molecule has 0 fully saturated rings. The largest absolute Gasteiger partial charge is 0.461 e. The summed E-state index contributed by atoms with van der Waals surface area (Å²) in [5.41, 5.74) is -1.10. The van der Waals surface area contributed by atoms with Gasteiger partial charge in [0.25, 0.3) is 0 Å². The molecule has 1 aromatic heterocycles. The van der Waals surface area contributed by atoms with Gasteiger partial charge >= 0.3 is 11.9 Å². The van der Waals surface area contributed by atoms with Gasteiger partial charge in [0.2, 0.25) is 5.78 Å². The SMILES string of the molecule is CCCCCCCCCCCC(F)(F)C(=O)c1cc(C(=O)OCC)n(F)c1. The molecule has 27 heavy (non-hydrogen) atoms. The van der Waals surface area contributed by atoms with Gasteiger partial charge in [-0.15, -0.1) is 0 Å². The predicted octanol–water partition coefficient (Wildman–Crippen LogP) is 6.14. The lowest BCUT2D eigenvalue weighted by atomic mass is 10.0. The zero-order valence-electron chi connectivity index (χ0n) is 16.2. The molecular formula is C20H30F3NO3. The van der Waals surface area contributed by atoms with E-state index in [2.05, 4.69) is 11.7 Å². The Hall–Kier alpha value is -1.79. The summed E-state index contributed by atoms with van der Waals surface area (Å²) in [6, 6.07) is 0.810. The number of Topliss-reactive ketones (excluding diaryl/α,β-unsaturated/α-hetero) is 1. The molecule has 0 aliphatic heterocycles. The summed E-state index contributed by atoms with van der Waals surface area (Å²) in [5, 5.41) is 0. The second-order valence-corrected chi connectivity index (χ2v) is 6.76. The second kappa shape index (κ2) is 11.8. The number of alkyl halides is 2. The Labute approximate surface area is 159 Å². The van der Waals surface area contributed by atoms with Crippen LogP contribution in [0.3, 0.4) is 0 Å². The molecule has 0 saturated carbocycles. The normalized spacial score (nSPS) is 11.6. The van der Waals surface area contributed by atoms with Crippen molar-refractivity contribution < 1.29 is 27.6 Å². The number of hydrogen-bond donors (Lipinski definition) is 0. The van der Waals surface area contributed by atoms with E-state index < -0.39 is 35.4 Å². The van der Waals surface area contributed by atoms with Crippen LogP contribution in [-0.4, -0.2) is 29.1 Å². The molecule has 0 radical (unpaired) electrons. The van der Waals surface area contributed by atoms with Gasteiger partial charge in [0.1, 0.15) is 0 Å². The lowest BCUT2D eigenvalue weighted by molar-refractivity contribution is 0.00334. The van der Waals surface area contributed by atoms with Crippen LogP contribution < -0.4 is 0 Å². The monoisotopic (exact) mass is 389 g/mol. The molecule has 1 aromatic rings. The van der Waals surface area contributed by atoms with Gasteiger partial charge in [0.05, 0.1) is 6.61 Å². The van der Waals surface area contributed by atoms with E-state index in [0.717, 1.165) is 25.3 Å². The Balaban J connectivity index is 2.43. The molecule has 0 aromatic carbocycles. The van der Waals surface area contributed by atoms with Gasteiger partial charge in [-0.1, -0.05) is 62.8 Å². The summed E-state index contributed by atoms with van der Waals surface area (Å²) in [4.78, 5) is 23.4. The van der Waals surface area contributed by atoms with Crippen LogP contribution in [0.15, 0.2) is 12.3 Å². The van der Waals surface area contributed by atoms with Crippen LogP contribution in [0.25, 0.3) is 0 Å². The molecule has 0 spiro atoms. The molecule has 0 N–H and O–H groups in total. The van der Waals surface area contributed by atoms with E-state index in [4.69, 9.17) is 0 Å². The fraction of sp³-hybridized carbons (Fsp3) is 0.700. The van der Waals surface area contributed by atoms with E-state index >= 15 is 0 Å². The number of esters is 1. The van der Waals surface area contributed by atoms with Crippen LogP contribution >= 0.6 is 0 Å². The summed E-state index contributed by atoms with van der Waals surface area (Å²) >= 11 is 0. The fourth-order valence-corrected chi connectivity index (χ4v) is 2.90. The van der Waals surface area contributed by atoms with Gasteiger partial charge in [-0.3, -0.25) is 4.79 Å². The van der Waals surface area contributed by atoms with Crippen molar-refractivity contribution in [1.82, 2.24) is 4.79 Å². The maximum atomic E-state index is 14.1. The number of ketones is 1. The van der Waals surface area contributed by atoms with Crippen LogP contribution in [0.2, 0.25) is 0 Å². The topological polar surface area (TPSA) is 48.3 Å². The lowest BCUT2D eigenvalue weighted by Gasteiger charge is -2.14. The van der Waals surface area contributed by atoms with E-state index in [-0.39, 0.29) is 17.8 Å². The zero-order chi connectivity index (χ0) is 20.3. The third-order valence-corrected chi connectivity index (χ3v) is 4.45. The third kappa shape index (κ3) is 7.77. The highest BCUT2D eigenvalue weighted by atomic mass is 19.3. The molecule has 0 saturated heterocycles. The molecular weight excluding hydrogens is 359 g/mol. The molecule has 0 atom stereocenters. The number of rotatable bonds is 14. The quantitative estimate of drug-likeness (QED) is 0.218. The van der Waals surface area contributed by atoms with Gasteiger partial charge in [-0.25, -0.2) is 4.79 Å². The Morgan fingerprint density at radius 1 is 1.00 bits per heavy atom. The van der Waals surface area contributed by atoms with Crippen molar-refractivity contribution in [3.63, 3.8) is 0 Å². The van der Waals surface area contributed by atoms with Gasteiger partial charge < -0.3 is 4.74 Å². The molecule has 0 amide bonds. The molecule has 0 unspecified atom stereocenters. The highest BCUT2D eigenvalue weighted by Gasteiger charge is 2.39. The van der Waals surface area contributed by atoms with Gasteiger partial charge in [-0.05, 0) is 19.4 Å². The average Bonchev–Trinajstić information content (AvgIpc) is 3.01. The van der Waals surface area contributed by atoms with Crippen LogP contribution in [-0.2, 0) is 4.74 Å². The second-order valence-electron chi connectivity index (χ2n) is 6.76. The molecule has 0 aliphatic rings. The summed E-state index contributed by atoms with van der Waals surface area (Å²) in [7, 11) is 0. The summed E-state index contributed by atoms with van der Waals surface area (Å²) in [5.74, 6) is -6.04. The van der Waals surface area contributed by atoms with Crippen LogP contribution in [0.1, 0.15) is 98.9 Å². The standard InChI is InChI=1S/C20H30F3NO3/c1-3-5-6-7-8-9-10-11-12-13-20(21,22)18(25)16-14-17(24(23)15-16)19(26)27-4-2/h14-15H,3-13H2,1-2H3. The summed E-state index contributed by atoms with van der Waals surface area (Å²) < 4.78 is 46.5.